The van der Waals surface area contributed by atoms with Gasteiger partial charge in [-0.1, -0.05) is 36.4 Å². The fourth-order valence-corrected chi connectivity index (χ4v) is 4.59. The van der Waals surface area contributed by atoms with Crippen LogP contribution < -0.4 is 24.3 Å². The van der Waals surface area contributed by atoms with Crippen LogP contribution in [0.15, 0.2) is 73.3 Å². The van der Waals surface area contributed by atoms with Gasteiger partial charge in [-0.2, -0.15) is 0 Å². The first-order chi connectivity index (χ1) is 19.0. The number of carbonyl (C=O) groups excluding carboxylic acids is 1. The smallest absolute Gasteiger partial charge is 0.252 e. The van der Waals surface area contributed by atoms with Gasteiger partial charge < -0.3 is 28.8 Å². The highest BCUT2D eigenvalue weighted by Crippen LogP contribution is 2.38. The highest BCUT2D eigenvalue weighted by molar-refractivity contribution is 5.96. The molecule has 0 spiro atoms. The monoisotopic (exact) mass is 529 g/mol. The van der Waals surface area contributed by atoms with Crippen LogP contribution in [0.2, 0.25) is 0 Å². The third kappa shape index (κ3) is 6.17. The number of aromatic nitrogens is 2. The molecule has 3 aromatic carbocycles. The molecule has 1 atom stereocenters. The molecular formula is C31H35N3O5. The number of hydrogen-bond donors (Lipinski definition) is 1. The summed E-state index contributed by atoms with van der Waals surface area (Å²) < 4.78 is 24.4. The number of carbonyl (C=O) groups is 1. The van der Waals surface area contributed by atoms with Gasteiger partial charge in [0.25, 0.3) is 5.91 Å². The molecule has 0 aliphatic carbocycles. The lowest BCUT2D eigenvalue weighted by Crippen LogP contribution is -2.29. The molecule has 4 aromatic rings. The van der Waals surface area contributed by atoms with Crippen LogP contribution in [-0.4, -0.2) is 43.4 Å². The molecule has 0 aliphatic heterocycles. The van der Waals surface area contributed by atoms with E-state index in [0.29, 0.717) is 36.0 Å². The summed E-state index contributed by atoms with van der Waals surface area (Å²) in [5.74, 6) is 2.62. The molecule has 0 fully saturated rings. The van der Waals surface area contributed by atoms with E-state index in [9.17, 15) is 4.79 Å². The topological polar surface area (TPSA) is 83.8 Å². The average Bonchev–Trinajstić information content (AvgIpc) is 3.34. The lowest BCUT2D eigenvalue weighted by Gasteiger charge is -2.18. The summed E-state index contributed by atoms with van der Waals surface area (Å²) in [5.41, 5.74) is 3.39. The number of imidazole rings is 1. The van der Waals surface area contributed by atoms with Gasteiger partial charge in [0.05, 0.1) is 45.0 Å². The molecule has 1 aromatic heterocycles. The lowest BCUT2D eigenvalue weighted by atomic mass is 10.1. The Labute approximate surface area is 229 Å². The number of nitrogens with one attached hydrogen (secondary N) is 1. The Morgan fingerprint density at radius 2 is 1.69 bits per heavy atom. The fourth-order valence-electron chi connectivity index (χ4n) is 4.59. The van der Waals surface area contributed by atoms with Gasteiger partial charge in [0.1, 0.15) is 11.6 Å². The van der Waals surface area contributed by atoms with E-state index in [1.54, 1.807) is 12.1 Å². The summed E-state index contributed by atoms with van der Waals surface area (Å²) in [6.07, 6.45) is 3.40. The standard InChI is InChI=1S/C31H35N3O5/c1-6-12-22-13-7-10-16-26(22)39-18-11-17-34-25-15-9-8-14-24(25)33-30(34)21(2)32-31(35)23-19-27(36-3)29(38-5)28(20-23)37-4/h6-10,13-16,19-21H,1,11-12,17-18H2,2-5H3,(H,32,35). The van der Waals surface area contributed by atoms with Crippen LogP contribution >= 0.6 is 0 Å². The number of nitrogens with zero attached hydrogens (tertiary/aromatic N) is 2. The summed E-state index contributed by atoms with van der Waals surface area (Å²) in [6.45, 7) is 6.99. The van der Waals surface area contributed by atoms with Gasteiger partial charge in [-0.15, -0.1) is 6.58 Å². The minimum absolute atomic E-state index is 0.275. The van der Waals surface area contributed by atoms with Crippen molar-refractivity contribution in [3.05, 3.63) is 90.3 Å². The molecule has 8 heteroatoms. The van der Waals surface area contributed by atoms with Gasteiger partial charge in [-0.05, 0) is 55.7 Å². The average molecular weight is 530 g/mol. The van der Waals surface area contributed by atoms with Gasteiger partial charge in [-0.3, -0.25) is 4.79 Å². The molecule has 1 unspecified atom stereocenters. The predicted octanol–water partition coefficient (Wildman–Crippen LogP) is 5.75. The van der Waals surface area contributed by atoms with Gasteiger partial charge >= 0.3 is 0 Å². The second-order valence-corrected chi connectivity index (χ2v) is 9.02. The first-order valence-electron chi connectivity index (χ1n) is 12.9. The molecule has 0 bridgehead atoms. The van der Waals surface area contributed by atoms with Crippen molar-refractivity contribution in [3.63, 3.8) is 0 Å². The minimum Gasteiger partial charge on any atom is -0.493 e. The predicted molar refractivity (Wildman–Crippen MR) is 152 cm³/mol. The van der Waals surface area contributed by atoms with E-state index in [0.717, 1.165) is 41.0 Å². The van der Waals surface area contributed by atoms with E-state index < -0.39 is 0 Å². The van der Waals surface area contributed by atoms with Gasteiger partial charge in [0.15, 0.2) is 11.5 Å². The van der Waals surface area contributed by atoms with E-state index in [-0.39, 0.29) is 11.9 Å². The lowest BCUT2D eigenvalue weighted by molar-refractivity contribution is 0.0936. The second-order valence-electron chi connectivity index (χ2n) is 9.02. The van der Waals surface area contributed by atoms with Crippen molar-refractivity contribution in [1.82, 2.24) is 14.9 Å². The molecular weight excluding hydrogens is 494 g/mol. The normalized spacial score (nSPS) is 11.6. The van der Waals surface area contributed by atoms with Crippen LogP contribution in [-0.2, 0) is 13.0 Å². The van der Waals surface area contributed by atoms with Crippen LogP contribution in [0.3, 0.4) is 0 Å². The summed E-state index contributed by atoms with van der Waals surface area (Å²) in [7, 11) is 4.56. The van der Waals surface area contributed by atoms with Crippen LogP contribution in [0.25, 0.3) is 11.0 Å². The van der Waals surface area contributed by atoms with Crippen molar-refractivity contribution in [3.8, 4) is 23.0 Å². The minimum atomic E-state index is -0.363. The van der Waals surface area contributed by atoms with Crippen LogP contribution in [0, 0.1) is 0 Å². The molecule has 1 amide bonds. The SMILES string of the molecule is C=CCc1ccccc1OCCCn1c(C(C)NC(=O)c2cc(OC)c(OC)c(OC)c2)nc2ccccc21. The Morgan fingerprint density at radius 1 is 1.00 bits per heavy atom. The van der Waals surface area contributed by atoms with Crippen molar-refractivity contribution in [1.29, 1.82) is 0 Å². The van der Waals surface area contributed by atoms with Crippen LogP contribution in [0.5, 0.6) is 23.0 Å². The molecule has 0 saturated carbocycles. The van der Waals surface area contributed by atoms with E-state index in [1.807, 2.05) is 55.5 Å². The molecule has 4 rings (SSSR count). The van der Waals surface area contributed by atoms with Crippen molar-refractivity contribution >= 4 is 16.9 Å². The van der Waals surface area contributed by atoms with Crippen molar-refractivity contribution in [2.45, 2.75) is 32.4 Å². The Bertz CT molecular complexity index is 1420. The molecule has 0 radical (unpaired) electrons. The quantitative estimate of drug-likeness (QED) is 0.175. The zero-order valence-corrected chi connectivity index (χ0v) is 22.9. The number of methoxy groups -OCH3 is 3. The van der Waals surface area contributed by atoms with Crippen molar-refractivity contribution < 1.29 is 23.7 Å². The maximum atomic E-state index is 13.3. The van der Waals surface area contributed by atoms with E-state index in [2.05, 4.69) is 22.5 Å². The number of aryl methyl sites for hydroxylation is 1. The Balaban J connectivity index is 1.51. The van der Waals surface area contributed by atoms with Crippen molar-refractivity contribution in [2.75, 3.05) is 27.9 Å². The Hall–Kier alpha value is -4.46. The third-order valence-electron chi connectivity index (χ3n) is 6.47. The summed E-state index contributed by atoms with van der Waals surface area (Å²) in [5, 5.41) is 3.08. The number of benzene rings is 3. The number of amides is 1. The molecule has 39 heavy (non-hydrogen) atoms. The molecule has 8 nitrogen and oxygen atoms in total. The van der Waals surface area contributed by atoms with Gasteiger partial charge in [0, 0.05) is 12.1 Å². The number of hydrogen-bond acceptors (Lipinski definition) is 6. The maximum Gasteiger partial charge on any atom is 0.252 e. The summed E-state index contributed by atoms with van der Waals surface area (Å²) >= 11 is 0. The zero-order valence-electron chi connectivity index (χ0n) is 22.9. The Morgan fingerprint density at radius 3 is 2.38 bits per heavy atom. The molecule has 1 N–H and O–H groups in total. The number of allylic oxidation sites excluding steroid dienone is 1. The Kier molecular flexibility index (Phi) is 9.10. The van der Waals surface area contributed by atoms with Gasteiger partial charge in [-0.25, -0.2) is 4.98 Å². The largest absolute Gasteiger partial charge is 0.493 e. The summed E-state index contributed by atoms with van der Waals surface area (Å²) in [6, 6.07) is 18.9. The summed E-state index contributed by atoms with van der Waals surface area (Å²) in [4.78, 5) is 18.1. The van der Waals surface area contributed by atoms with Crippen molar-refractivity contribution in [2.24, 2.45) is 0 Å². The molecule has 0 aliphatic rings. The van der Waals surface area contributed by atoms with E-state index >= 15 is 0 Å². The van der Waals surface area contributed by atoms with Crippen LogP contribution in [0.1, 0.15) is 41.1 Å². The molecule has 0 saturated heterocycles. The number of para-hydroxylation sites is 3. The first-order valence-corrected chi connectivity index (χ1v) is 12.9. The number of rotatable bonds is 13. The fraction of sp³-hybridized carbons (Fsp3) is 0.290. The zero-order chi connectivity index (χ0) is 27.8. The first kappa shape index (κ1) is 27.6. The molecule has 1 heterocycles. The number of ether oxygens (including phenoxy) is 4. The highest BCUT2D eigenvalue weighted by Gasteiger charge is 2.22. The van der Waals surface area contributed by atoms with Crippen LogP contribution in [0.4, 0.5) is 0 Å². The highest BCUT2D eigenvalue weighted by atomic mass is 16.5. The maximum absolute atomic E-state index is 13.3. The van der Waals surface area contributed by atoms with E-state index in [4.69, 9.17) is 23.9 Å². The van der Waals surface area contributed by atoms with E-state index in [1.165, 1.54) is 21.3 Å². The second kappa shape index (κ2) is 12.9. The number of fused-ring (bicyclic) bond motifs is 1. The molecule has 204 valence electrons. The van der Waals surface area contributed by atoms with Gasteiger partial charge in [0.2, 0.25) is 5.75 Å². The third-order valence-corrected chi connectivity index (χ3v) is 6.47.